The lowest BCUT2D eigenvalue weighted by molar-refractivity contribution is -0.145. The molecule has 1 rings (SSSR count). The molecule has 0 fully saturated rings. The first-order valence-electron chi connectivity index (χ1n) is 6.42. The first kappa shape index (κ1) is 18.8. The zero-order valence-electron chi connectivity index (χ0n) is 12.2. The fourth-order valence-corrected chi connectivity index (χ4v) is 2.54. The second-order valence-electron chi connectivity index (χ2n) is 4.29. The number of thioether (sulfide) groups is 1. The van der Waals surface area contributed by atoms with Crippen molar-refractivity contribution in [3.05, 3.63) is 28.5 Å². The molecule has 1 aromatic rings. The summed E-state index contributed by atoms with van der Waals surface area (Å²) in [5, 5.41) is 2.56. The van der Waals surface area contributed by atoms with E-state index in [1.54, 1.807) is 11.8 Å². The van der Waals surface area contributed by atoms with E-state index in [0.29, 0.717) is 22.4 Å². The normalized spacial score (nSPS) is 11.6. The number of carbonyl (C=O) groups excluding carboxylic acids is 2. The van der Waals surface area contributed by atoms with Gasteiger partial charge < -0.3 is 14.8 Å². The predicted molar refractivity (Wildman–Crippen MR) is 86.5 cm³/mol. The number of amides is 1. The molecule has 5 nitrogen and oxygen atoms in total. The smallest absolute Gasteiger partial charge is 0.328 e. The molecule has 0 aliphatic carbocycles. The van der Waals surface area contributed by atoms with Gasteiger partial charge in [-0.2, -0.15) is 11.8 Å². The number of ether oxygens (including phenoxy) is 2. The Balaban J connectivity index is 2.54. The summed E-state index contributed by atoms with van der Waals surface area (Å²) in [5.74, 6) is -0.301. The Morgan fingerprint density at radius 3 is 2.77 bits per heavy atom. The molecule has 0 bridgehead atoms. The number of esters is 1. The summed E-state index contributed by atoms with van der Waals surface area (Å²) < 4.78 is 23.3. The maximum absolute atomic E-state index is 12.9. The molecule has 0 spiro atoms. The van der Waals surface area contributed by atoms with Crippen molar-refractivity contribution < 1.29 is 23.5 Å². The fraction of sp³-hybridized carbons (Fsp3) is 0.429. The van der Waals surface area contributed by atoms with Gasteiger partial charge in [-0.1, -0.05) is 0 Å². The van der Waals surface area contributed by atoms with Gasteiger partial charge in [0.05, 0.1) is 11.6 Å². The maximum atomic E-state index is 12.9. The summed E-state index contributed by atoms with van der Waals surface area (Å²) in [7, 11) is 1.27. The van der Waals surface area contributed by atoms with E-state index in [1.807, 2.05) is 6.26 Å². The minimum absolute atomic E-state index is 0.281. The van der Waals surface area contributed by atoms with E-state index >= 15 is 0 Å². The highest BCUT2D eigenvalue weighted by Gasteiger charge is 2.21. The molecule has 0 heterocycles. The summed E-state index contributed by atoms with van der Waals surface area (Å²) in [5.41, 5.74) is 0. The SMILES string of the molecule is COC(=O)[C@@H](CCSC)NC(=O)COc1ccc(F)cc1Br. The van der Waals surface area contributed by atoms with Crippen molar-refractivity contribution in [1.29, 1.82) is 0 Å². The average Bonchev–Trinajstić information content (AvgIpc) is 2.49. The van der Waals surface area contributed by atoms with Crippen molar-refractivity contribution in [2.75, 3.05) is 25.7 Å². The highest BCUT2D eigenvalue weighted by Crippen LogP contribution is 2.25. The number of halogens is 2. The Kier molecular flexibility index (Phi) is 8.26. The molecule has 0 radical (unpaired) electrons. The summed E-state index contributed by atoms with van der Waals surface area (Å²) in [6.45, 7) is -0.281. The molecular weight excluding hydrogens is 377 g/mol. The van der Waals surface area contributed by atoms with Gasteiger partial charge in [-0.05, 0) is 52.6 Å². The highest BCUT2D eigenvalue weighted by molar-refractivity contribution is 9.10. The average molecular weight is 394 g/mol. The van der Waals surface area contributed by atoms with E-state index in [4.69, 9.17) is 4.74 Å². The molecule has 8 heteroatoms. The molecule has 122 valence electrons. The molecule has 0 aliphatic rings. The van der Waals surface area contributed by atoms with E-state index in [0.717, 1.165) is 0 Å². The van der Waals surface area contributed by atoms with Crippen LogP contribution in [0.5, 0.6) is 5.75 Å². The lowest BCUT2D eigenvalue weighted by Crippen LogP contribution is -2.43. The zero-order chi connectivity index (χ0) is 16.5. The van der Waals surface area contributed by atoms with Gasteiger partial charge in [0.1, 0.15) is 17.6 Å². The summed E-state index contributed by atoms with van der Waals surface area (Å²) >= 11 is 4.71. The maximum Gasteiger partial charge on any atom is 0.328 e. The second kappa shape index (κ2) is 9.68. The van der Waals surface area contributed by atoms with E-state index in [2.05, 4.69) is 26.0 Å². The van der Waals surface area contributed by atoms with Gasteiger partial charge in [0.25, 0.3) is 5.91 Å². The molecule has 1 amide bonds. The molecule has 1 N–H and O–H groups in total. The second-order valence-corrected chi connectivity index (χ2v) is 6.13. The molecule has 0 aromatic heterocycles. The van der Waals surface area contributed by atoms with Gasteiger partial charge in [0, 0.05) is 0 Å². The third-order valence-electron chi connectivity index (χ3n) is 2.68. The number of hydrogen-bond donors (Lipinski definition) is 1. The minimum Gasteiger partial charge on any atom is -0.483 e. The topological polar surface area (TPSA) is 64.6 Å². The lowest BCUT2D eigenvalue weighted by Gasteiger charge is -2.16. The van der Waals surface area contributed by atoms with Crippen LogP contribution in [-0.4, -0.2) is 43.6 Å². The minimum atomic E-state index is -0.704. The zero-order valence-corrected chi connectivity index (χ0v) is 14.6. The Morgan fingerprint density at radius 2 is 2.18 bits per heavy atom. The Hall–Kier alpha value is -1.28. The molecule has 0 saturated heterocycles. The molecule has 0 saturated carbocycles. The Labute approximate surface area is 141 Å². The highest BCUT2D eigenvalue weighted by atomic mass is 79.9. The van der Waals surface area contributed by atoms with Crippen LogP contribution in [0.15, 0.2) is 22.7 Å². The van der Waals surface area contributed by atoms with Gasteiger partial charge >= 0.3 is 5.97 Å². The molecule has 1 atom stereocenters. The van der Waals surface area contributed by atoms with Gasteiger partial charge in [-0.15, -0.1) is 0 Å². The Morgan fingerprint density at radius 1 is 1.45 bits per heavy atom. The van der Waals surface area contributed by atoms with Gasteiger partial charge in [-0.25, -0.2) is 9.18 Å². The summed E-state index contributed by atoms with van der Waals surface area (Å²) in [4.78, 5) is 23.4. The third-order valence-corrected chi connectivity index (χ3v) is 3.95. The standard InChI is InChI=1S/C14H17BrFNO4S/c1-20-14(19)11(5-6-22-2)17-13(18)8-21-12-4-3-9(16)7-10(12)15/h3-4,7,11H,5-6,8H2,1-2H3,(H,17,18)/t11-/m1/s1. The lowest BCUT2D eigenvalue weighted by atomic mass is 10.2. The van der Waals surface area contributed by atoms with Crippen molar-refractivity contribution in [2.24, 2.45) is 0 Å². The quantitative estimate of drug-likeness (QED) is 0.686. The van der Waals surface area contributed by atoms with Crippen LogP contribution in [-0.2, 0) is 14.3 Å². The van der Waals surface area contributed by atoms with Crippen molar-refractivity contribution in [3.63, 3.8) is 0 Å². The van der Waals surface area contributed by atoms with Crippen LogP contribution in [0, 0.1) is 5.82 Å². The molecule has 0 aliphatic heterocycles. The van der Waals surface area contributed by atoms with Gasteiger partial charge in [0.2, 0.25) is 0 Å². The Bertz CT molecular complexity index is 530. The molecule has 1 aromatic carbocycles. The predicted octanol–water partition coefficient (Wildman–Crippen LogP) is 2.38. The molecular formula is C14H17BrFNO4S. The number of methoxy groups -OCH3 is 1. The third kappa shape index (κ3) is 6.23. The first-order valence-corrected chi connectivity index (χ1v) is 8.60. The van der Waals surface area contributed by atoms with Crippen LogP contribution < -0.4 is 10.1 Å². The monoisotopic (exact) mass is 393 g/mol. The largest absolute Gasteiger partial charge is 0.483 e. The number of rotatable bonds is 8. The molecule has 0 unspecified atom stereocenters. The van der Waals surface area contributed by atoms with E-state index in [1.165, 1.54) is 25.3 Å². The van der Waals surface area contributed by atoms with Crippen LogP contribution in [0.2, 0.25) is 0 Å². The van der Waals surface area contributed by atoms with E-state index in [-0.39, 0.29) is 6.61 Å². The summed E-state index contributed by atoms with van der Waals surface area (Å²) in [6.07, 6.45) is 2.38. The van der Waals surface area contributed by atoms with E-state index in [9.17, 15) is 14.0 Å². The van der Waals surface area contributed by atoms with Crippen LogP contribution in [0.4, 0.5) is 4.39 Å². The molecule has 22 heavy (non-hydrogen) atoms. The van der Waals surface area contributed by atoms with Gasteiger partial charge in [0.15, 0.2) is 6.61 Å². The number of carbonyl (C=O) groups is 2. The fourth-order valence-electron chi connectivity index (χ4n) is 1.60. The van der Waals surface area contributed by atoms with Crippen LogP contribution in [0.1, 0.15) is 6.42 Å². The van der Waals surface area contributed by atoms with Gasteiger partial charge in [-0.3, -0.25) is 4.79 Å². The van der Waals surface area contributed by atoms with Crippen LogP contribution in [0.25, 0.3) is 0 Å². The number of benzene rings is 1. The number of hydrogen-bond acceptors (Lipinski definition) is 5. The van der Waals surface area contributed by atoms with Crippen LogP contribution in [0.3, 0.4) is 0 Å². The van der Waals surface area contributed by atoms with Crippen molar-refractivity contribution in [2.45, 2.75) is 12.5 Å². The first-order chi connectivity index (χ1) is 10.5. The van der Waals surface area contributed by atoms with Crippen LogP contribution >= 0.6 is 27.7 Å². The van der Waals surface area contributed by atoms with Crippen molar-refractivity contribution in [3.8, 4) is 5.75 Å². The van der Waals surface area contributed by atoms with Crippen molar-refractivity contribution >= 4 is 39.6 Å². The number of nitrogens with one attached hydrogen (secondary N) is 1. The van der Waals surface area contributed by atoms with Crippen molar-refractivity contribution in [1.82, 2.24) is 5.32 Å². The van der Waals surface area contributed by atoms with E-state index < -0.39 is 23.7 Å². The summed E-state index contributed by atoms with van der Waals surface area (Å²) in [6, 6.07) is 3.18.